The molecule has 2 aliphatic rings. The Morgan fingerprint density at radius 2 is 1.62 bits per heavy atom. The van der Waals surface area contributed by atoms with Crippen molar-refractivity contribution in [3.8, 4) is 0 Å². The SMILES string of the molecule is CCCO[CH]C(OCCC)(OCCC)C1CCC2OC2C1. The molecule has 21 heavy (non-hydrogen) atoms. The minimum absolute atomic E-state index is 0.330. The second-order valence-electron chi connectivity index (χ2n) is 6.13. The quantitative estimate of drug-likeness (QED) is 0.331. The van der Waals surface area contributed by atoms with Crippen molar-refractivity contribution in [1.29, 1.82) is 0 Å². The molecule has 0 amide bonds. The van der Waals surface area contributed by atoms with Gasteiger partial charge in [-0.15, -0.1) is 0 Å². The van der Waals surface area contributed by atoms with Crippen LogP contribution < -0.4 is 0 Å². The van der Waals surface area contributed by atoms with Gasteiger partial charge in [-0.1, -0.05) is 20.8 Å². The molecular weight excluding hydrogens is 268 g/mol. The second kappa shape index (κ2) is 8.47. The predicted molar refractivity (Wildman–Crippen MR) is 81.8 cm³/mol. The van der Waals surface area contributed by atoms with E-state index in [1.54, 1.807) is 0 Å². The van der Waals surface area contributed by atoms with E-state index >= 15 is 0 Å². The summed E-state index contributed by atoms with van der Waals surface area (Å²) in [5.74, 6) is -0.366. The molecule has 123 valence electrons. The molecule has 2 fully saturated rings. The van der Waals surface area contributed by atoms with E-state index in [2.05, 4.69) is 20.8 Å². The Labute approximate surface area is 129 Å². The summed E-state index contributed by atoms with van der Waals surface area (Å²) in [5, 5.41) is 0. The molecule has 0 aromatic heterocycles. The second-order valence-corrected chi connectivity index (χ2v) is 6.13. The summed E-state index contributed by atoms with van der Waals surface area (Å²) in [6, 6.07) is 0. The fraction of sp³-hybridized carbons (Fsp3) is 0.941. The Morgan fingerprint density at radius 1 is 0.952 bits per heavy atom. The van der Waals surface area contributed by atoms with E-state index in [9.17, 15) is 0 Å². The van der Waals surface area contributed by atoms with Crippen LogP contribution in [0.4, 0.5) is 0 Å². The van der Waals surface area contributed by atoms with Crippen LogP contribution in [0.25, 0.3) is 0 Å². The molecule has 0 bridgehead atoms. The van der Waals surface area contributed by atoms with E-state index in [0.29, 0.717) is 37.9 Å². The van der Waals surface area contributed by atoms with Crippen LogP contribution in [-0.2, 0) is 18.9 Å². The van der Waals surface area contributed by atoms with Crippen LogP contribution in [0.3, 0.4) is 0 Å². The van der Waals surface area contributed by atoms with Gasteiger partial charge in [0.2, 0.25) is 5.79 Å². The lowest BCUT2D eigenvalue weighted by atomic mass is 9.83. The maximum absolute atomic E-state index is 6.18. The van der Waals surface area contributed by atoms with Crippen molar-refractivity contribution >= 4 is 0 Å². The van der Waals surface area contributed by atoms with E-state index in [0.717, 1.165) is 38.5 Å². The Hall–Kier alpha value is -0.160. The van der Waals surface area contributed by atoms with E-state index in [1.165, 1.54) is 0 Å². The first-order valence-electron chi connectivity index (χ1n) is 8.65. The molecule has 4 heteroatoms. The van der Waals surface area contributed by atoms with Gasteiger partial charge < -0.3 is 18.9 Å². The first-order valence-corrected chi connectivity index (χ1v) is 8.65. The molecule has 1 radical (unpaired) electrons. The molecule has 0 spiro atoms. The predicted octanol–water partition coefficient (Wildman–Crippen LogP) is 3.69. The molecule has 1 heterocycles. The highest BCUT2D eigenvalue weighted by atomic mass is 16.7. The van der Waals surface area contributed by atoms with E-state index in [1.807, 2.05) is 6.61 Å². The molecule has 2 rings (SSSR count). The summed E-state index contributed by atoms with van der Waals surface area (Å²) in [6.07, 6.45) is 7.08. The molecule has 0 N–H and O–H groups in total. The average molecular weight is 299 g/mol. The van der Waals surface area contributed by atoms with Crippen LogP contribution in [0, 0.1) is 12.5 Å². The van der Waals surface area contributed by atoms with Gasteiger partial charge in [-0.3, -0.25) is 0 Å². The summed E-state index contributed by atoms with van der Waals surface area (Å²) in [7, 11) is 0. The van der Waals surface area contributed by atoms with Gasteiger partial charge in [0.15, 0.2) is 0 Å². The van der Waals surface area contributed by atoms with Crippen LogP contribution in [0.2, 0.25) is 0 Å². The topological polar surface area (TPSA) is 40.2 Å². The zero-order chi connectivity index (χ0) is 15.1. The van der Waals surface area contributed by atoms with Gasteiger partial charge in [-0.05, 0) is 38.5 Å². The van der Waals surface area contributed by atoms with Crippen molar-refractivity contribution in [2.24, 2.45) is 5.92 Å². The van der Waals surface area contributed by atoms with Crippen LogP contribution in [-0.4, -0.2) is 37.8 Å². The van der Waals surface area contributed by atoms with Gasteiger partial charge >= 0.3 is 0 Å². The molecule has 3 unspecified atom stereocenters. The van der Waals surface area contributed by atoms with Gasteiger partial charge in [0.05, 0.1) is 12.2 Å². The Bertz CT molecular complexity index is 287. The molecule has 0 aromatic rings. The van der Waals surface area contributed by atoms with E-state index < -0.39 is 5.79 Å². The van der Waals surface area contributed by atoms with Crippen LogP contribution >= 0.6 is 0 Å². The van der Waals surface area contributed by atoms with Gasteiger partial charge in [0.1, 0.15) is 6.61 Å². The number of fused-ring (bicyclic) bond motifs is 1. The Balaban J connectivity index is 2.02. The standard InChI is InChI=1S/C17H31O4/c1-4-9-18-13-17(19-10-5-2,20-11-6-3)14-7-8-15-16(12-14)21-15/h13-16H,4-12H2,1-3H3. The third kappa shape index (κ3) is 4.65. The van der Waals surface area contributed by atoms with E-state index in [-0.39, 0.29) is 0 Å². The lowest BCUT2D eigenvalue weighted by Crippen LogP contribution is -2.47. The molecule has 3 atom stereocenters. The lowest BCUT2D eigenvalue weighted by Gasteiger charge is -2.40. The molecular formula is C17H31O4. The van der Waals surface area contributed by atoms with Crippen molar-refractivity contribution in [2.45, 2.75) is 77.3 Å². The van der Waals surface area contributed by atoms with Crippen LogP contribution in [0.1, 0.15) is 59.3 Å². The highest BCUT2D eigenvalue weighted by molar-refractivity contribution is 4.99. The minimum atomic E-state index is -0.696. The fourth-order valence-electron chi connectivity index (χ4n) is 3.03. The van der Waals surface area contributed by atoms with Gasteiger partial charge in [0.25, 0.3) is 0 Å². The van der Waals surface area contributed by atoms with Crippen molar-refractivity contribution < 1.29 is 18.9 Å². The maximum atomic E-state index is 6.18. The van der Waals surface area contributed by atoms with Crippen molar-refractivity contribution in [3.63, 3.8) is 0 Å². The molecule has 1 saturated carbocycles. The number of rotatable bonds is 11. The average Bonchev–Trinajstić information content (AvgIpc) is 3.28. The molecule has 1 saturated heterocycles. The monoisotopic (exact) mass is 299 g/mol. The van der Waals surface area contributed by atoms with Gasteiger partial charge in [-0.25, -0.2) is 0 Å². The molecule has 1 aliphatic carbocycles. The zero-order valence-electron chi connectivity index (χ0n) is 13.8. The van der Waals surface area contributed by atoms with Crippen LogP contribution in [0.15, 0.2) is 0 Å². The number of hydrogen-bond donors (Lipinski definition) is 0. The third-order valence-corrected chi connectivity index (χ3v) is 4.21. The minimum Gasteiger partial charge on any atom is -0.370 e. The Kier molecular flexibility index (Phi) is 6.93. The summed E-state index contributed by atoms with van der Waals surface area (Å²) in [4.78, 5) is 0. The van der Waals surface area contributed by atoms with Gasteiger partial charge in [-0.2, -0.15) is 0 Å². The lowest BCUT2D eigenvalue weighted by molar-refractivity contribution is -0.270. The van der Waals surface area contributed by atoms with Crippen molar-refractivity contribution in [2.75, 3.05) is 19.8 Å². The Morgan fingerprint density at radius 3 is 2.19 bits per heavy atom. The number of epoxide rings is 1. The summed E-state index contributed by atoms with van der Waals surface area (Å²) < 4.78 is 23.8. The van der Waals surface area contributed by atoms with Crippen molar-refractivity contribution in [3.05, 3.63) is 6.61 Å². The highest BCUT2D eigenvalue weighted by Crippen LogP contribution is 2.46. The zero-order valence-corrected chi connectivity index (χ0v) is 13.8. The number of ether oxygens (including phenoxy) is 4. The summed E-state index contributed by atoms with van der Waals surface area (Å²) in [6.45, 7) is 10.3. The molecule has 4 nitrogen and oxygen atoms in total. The largest absolute Gasteiger partial charge is 0.370 e. The van der Waals surface area contributed by atoms with Crippen LogP contribution in [0.5, 0.6) is 0 Å². The number of hydrogen-bond acceptors (Lipinski definition) is 4. The molecule has 1 aliphatic heterocycles. The fourth-order valence-corrected chi connectivity index (χ4v) is 3.03. The normalized spacial score (nSPS) is 28.4. The first-order chi connectivity index (χ1) is 10.3. The smallest absolute Gasteiger partial charge is 0.200 e. The van der Waals surface area contributed by atoms with Gasteiger partial charge in [0, 0.05) is 25.7 Å². The maximum Gasteiger partial charge on any atom is 0.200 e. The van der Waals surface area contributed by atoms with E-state index in [4.69, 9.17) is 18.9 Å². The summed E-state index contributed by atoms with van der Waals surface area (Å²) in [5.41, 5.74) is 0. The molecule has 0 aromatic carbocycles. The summed E-state index contributed by atoms with van der Waals surface area (Å²) >= 11 is 0. The third-order valence-electron chi connectivity index (χ3n) is 4.21. The van der Waals surface area contributed by atoms with Crippen molar-refractivity contribution in [1.82, 2.24) is 0 Å². The highest BCUT2D eigenvalue weighted by Gasteiger charge is 2.52. The first kappa shape index (κ1) is 17.2.